The molecule has 0 saturated carbocycles. The first-order valence-electron chi connectivity index (χ1n) is 6.67. The summed E-state index contributed by atoms with van der Waals surface area (Å²) in [6, 6.07) is 20.8. The van der Waals surface area contributed by atoms with Gasteiger partial charge >= 0.3 is 0 Å². The van der Waals surface area contributed by atoms with Gasteiger partial charge in [0.15, 0.2) is 0 Å². The van der Waals surface area contributed by atoms with Gasteiger partial charge in [-0.25, -0.2) is 0 Å². The summed E-state index contributed by atoms with van der Waals surface area (Å²) in [5.74, 6) is 0.935. The Hall–Kier alpha value is -1.60. The van der Waals surface area contributed by atoms with Gasteiger partial charge in [-0.05, 0) is 36.6 Å². The molecule has 0 amide bonds. The summed E-state index contributed by atoms with van der Waals surface area (Å²) in [7, 11) is 0. The van der Waals surface area contributed by atoms with Gasteiger partial charge in [0.2, 0.25) is 0 Å². The lowest BCUT2D eigenvalue weighted by molar-refractivity contribution is 0.651. The van der Waals surface area contributed by atoms with Crippen molar-refractivity contribution in [1.82, 2.24) is 5.32 Å². The molecule has 0 spiro atoms. The summed E-state index contributed by atoms with van der Waals surface area (Å²) >= 11 is 0. The van der Waals surface area contributed by atoms with Gasteiger partial charge in [-0.3, -0.25) is 0 Å². The quantitative estimate of drug-likeness (QED) is 0.794. The Morgan fingerprint density at radius 2 is 1.33 bits per heavy atom. The molecule has 0 bridgehead atoms. The van der Waals surface area contributed by atoms with Gasteiger partial charge < -0.3 is 5.32 Å². The maximum atomic E-state index is 3.27. The summed E-state index contributed by atoms with van der Waals surface area (Å²) in [4.78, 5) is 0. The minimum Gasteiger partial charge on any atom is -0.316 e. The first-order chi connectivity index (χ1) is 8.86. The number of rotatable bonds is 1. The van der Waals surface area contributed by atoms with Crippen molar-refractivity contribution in [3.63, 3.8) is 0 Å². The van der Waals surface area contributed by atoms with Gasteiger partial charge in [-0.1, -0.05) is 67.6 Å². The lowest BCUT2D eigenvalue weighted by Gasteiger charge is -1.98. The zero-order valence-electron chi connectivity index (χ0n) is 11.0. The molecule has 1 fully saturated rings. The maximum Gasteiger partial charge on any atom is -0.00227 e. The zero-order chi connectivity index (χ0) is 12.6. The Labute approximate surface area is 110 Å². The molecule has 1 atom stereocenters. The van der Waals surface area contributed by atoms with Crippen LogP contribution in [-0.4, -0.2) is 13.1 Å². The second kappa shape index (κ2) is 6.97. The second-order valence-electron chi connectivity index (χ2n) is 4.83. The standard InChI is InChI=1S/C12H10.C5H11N/c1-3-7-11(8-4-1)12-9-5-2-6-10-12;1-5-2-3-6-4-5/h1-10H;5-6H,2-4H2,1H3/t;5-/m.0/s1. The van der Waals surface area contributed by atoms with E-state index in [1.165, 1.54) is 30.6 Å². The maximum absolute atomic E-state index is 3.27. The van der Waals surface area contributed by atoms with Crippen LogP contribution in [0.5, 0.6) is 0 Å². The van der Waals surface area contributed by atoms with Crippen LogP contribution in [0.1, 0.15) is 13.3 Å². The molecule has 1 nitrogen and oxygen atoms in total. The van der Waals surface area contributed by atoms with Gasteiger partial charge in [-0.15, -0.1) is 0 Å². The van der Waals surface area contributed by atoms with E-state index in [9.17, 15) is 0 Å². The Kier molecular flexibility index (Phi) is 4.98. The molecule has 1 heteroatoms. The molecule has 0 radical (unpaired) electrons. The van der Waals surface area contributed by atoms with E-state index in [0.717, 1.165) is 5.92 Å². The Bertz CT molecular complexity index is 392. The molecule has 2 aromatic carbocycles. The number of nitrogens with one attached hydrogen (secondary N) is 1. The average Bonchev–Trinajstić information content (AvgIpc) is 2.93. The van der Waals surface area contributed by atoms with Crippen LogP contribution in [0.3, 0.4) is 0 Å². The van der Waals surface area contributed by atoms with Crippen LogP contribution in [0.25, 0.3) is 11.1 Å². The van der Waals surface area contributed by atoms with E-state index in [0.29, 0.717) is 0 Å². The molecule has 1 heterocycles. The Morgan fingerprint density at radius 3 is 1.61 bits per heavy atom. The van der Waals surface area contributed by atoms with Crippen molar-refractivity contribution in [3.05, 3.63) is 60.7 Å². The molecule has 0 aromatic heterocycles. The summed E-state index contributed by atoms with van der Waals surface area (Å²) in [6.07, 6.45) is 1.38. The fourth-order valence-electron chi connectivity index (χ4n) is 2.06. The van der Waals surface area contributed by atoms with Crippen molar-refractivity contribution < 1.29 is 0 Å². The van der Waals surface area contributed by atoms with E-state index in [2.05, 4.69) is 60.8 Å². The highest BCUT2D eigenvalue weighted by Gasteiger charge is 2.06. The van der Waals surface area contributed by atoms with Crippen molar-refractivity contribution in [2.24, 2.45) is 5.92 Å². The van der Waals surface area contributed by atoms with Gasteiger partial charge in [0.25, 0.3) is 0 Å². The smallest absolute Gasteiger partial charge is 0.00227 e. The van der Waals surface area contributed by atoms with Crippen molar-refractivity contribution in [3.8, 4) is 11.1 Å². The monoisotopic (exact) mass is 239 g/mol. The fraction of sp³-hybridized carbons (Fsp3) is 0.294. The third kappa shape index (κ3) is 4.01. The molecule has 2 aromatic rings. The van der Waals surface area contributed by atoms with E-state index in [1.54, 1.807) is 0 Å². The minimum atomic E-state index is 0.935. The molecular weight excluding hydrogens is 218 g/mol. The predicted molar refractivity (Wildman–Crippen MR) is 78.5 cm³/mol. The lowest BCUT2D eigenvalue weighted by Crippen LogP contribution is -2.06. The highest BCUT2D eigenvalue weighted by molar-refractivity contribution is 5.62. The van der Waals surface area contributed by atoms with Crippen molar-refractivity contribution >= 4 is 0 Å². The summed E-state index contributed by atoms with van der Waals surface area (Å²) in [5, 5.41) is 3.27. The molecule has 1 saturated heterocycles. The van der Waals surface area contributed by atoms with Crippen LogP contribution >= 0.6 is 0 Å². The third-order valence-electron chi connectivity index (χ3n) is 3.19. The highest BCUT2D eigenvalue weighted by atomic mass is 14.9. The molecule has 0 aliphatic carbocycles. The van der Waals surface area contributed by atoms with E-state index < -0.39 is 0 Å². The van der Waals surface area contributed by atoms with E-state index in [4.69, 9.17) is 0 Å². The van der Waals surface area contributed by atoms with E-state index in [1.807, 2.05) is 12.1 Å². The van der Waals surface area contributed by atoms with E-state index in [-0.39, 0.29) is 0 Å². The fourth-order valence-corrected chi connectivity index (χ4v) is 2.06. The molecule has 94 valence electrons. The van der Waals surface area contributed by atoms with E-state index >= 15 is 0 Å². The lowest BCUT2D eigenvalue weighted by atomic mass is 10.1. The van der Waals surface area contributed by atoms with Crippen LogP contribution in [0.4, 0.5) is 0 Å². The van der Waals surface area contributed by atoms with Crippen LogP contribution in [-0.2, 0) is 0 Å². The van der Waals surface area contributed by atoms with Crippen molar-refractivity contribution in [2.75, 3.05) is 13.1 Å². The SMILES string of the molecule is C[C@H]1CCNC1.c1ccc(-c2ccccc2)cc1. The topological polar surface area (TPSA) is 12.0 Å². The molecule has 1 aliphatic heterocycles. The van der Waals surface area contributed by atoms with Crippen LogP contribution < -0.4 is 5.32 Å². The predicted octanol–water partition coefficient (Wildman–Crippen LogP) is 3.97. The summed E-state index contributed by atoms with van der Waals surface area (Å²) in [6.45, 7) is 4.75. The van der Waals surface area contributed by atoms with Crippen LogP contribution in [0.2, 0.25) is 0 Å². The molecule has 0 unspecified atom stereocenters. The van der Waals surface area contributed by atoms with Gasteiger partial charge in [0, 0.05) is 0 Å². The summed E-state index contributed by atoms with van der Waals surface area (Å²) < 4.78 is 0. The normalized spacial score (nSPS) is 17.9. The van der Waals surface area contributed by atoms with Crippen LogP contribution in [0.15, 0.2) is 60.7 Å². The Morgan fingerprint density at radius 1 is 0.833 bits per heavy atom. The molecule has 1 N–H and O–H groups in total. The summed E-state index contributed by atoms with van der Waals surface area (Å²) in [5.41, 5.74) is 2.55. The van der Waals surface area contributed by atoms with Crippen LogP contribution in [0, 0.1) is 5.92 Å². The molecule has 18 heavy (non-hydrogen) atoms. The highest BCUT2D eigenvalue weighted by Crippen LogP contribution is 2.17. The second-order valence-corrected chi connectivity index (χ2v) is 4.83. The van der Waals surface area contributed by atoms with Gasteiger partial charge in [0.1, 0.15) is 0 Å². The average molecular weight is 239 g/mol. The number of hydrogen-bond donors (Lipinski definition) is 1. The van der Waals surface area contributed by atoms with Gasteiger partial charge in [0.05, 0.1) is 0 Å². The third-order valence-corrected chi connectivity index (χ3v) is 3.19. The number of hydrogen-bond acceptors (Lipinski definition) is 1. The molecule has 3 rings (SSSR count). The van der Waals surface area contributed by atoms with Crippen molar-refractivity contribution in [2.45, 2.75) is 13.3 Å². The first-order valence-corrected chi connectivity index (χ1v) is 6.67. The van der Waals surface area contributed by atoms with Crippen molar-refractivity contribution in [1.29, 1.82) is 0 Å². The minimum absolute atomic E-state index is 0.935. The zero-order valence-corrected chi connectivity index (χ0v) is 11.0. The molecular formula is C17H21N. The van der Waals surface area contributed by atoms with Gasteiger partial charge in [-0.2, -0.15) is 0 Å². The largest absolute Gasteiger partial charge is 0.316 e. The number of benzene rings is 2. The first kappa shape index (κ1) is 12.8. The molecule has 1 aliphatic rings. The Balaban J connectivity index is 0.000000169.